The molecule has 3 rings (SSSR count). The Hall–Kier alpha value is -2.67. The van der Waals surface area contributed by atoms with Gasteiger partial charge in [0.15, 0.2) is 5.76 Å². The number of hydrogen-bond acceptors (Lipinski definition) is 5. The first-order valence-electron chi connectivity index (χ1n) is 8.44. The van der Waals surface area contributed by atoms with Crippen molar-refractivity contribution in [3.05, 3.63) is 54.2 Å². The Morgan fingerprint density at radius 2 is 1.80 bits per heavy atom. The number of hydrogen-bond donors (Lipinski definition) is 1. The van der Waals surface area contributed by atoms with Gasteiger partial charge in [-0.05, 0) is 29.8 Å². The fourth-order valence-electron chi connectivity index (χ4n) is 2.80. The normalized spacial score (nSPS) is 14.6. The molecule has 0 unspecified atom stereocenters. The molecule has 0 saturated carbocycles. The van der Waals surface area contributed by atoms with Gasteiger partial charge in [0.2, 0.25) is 5.91 Å². The first kappa shape index (κ1) is 17.2. The van der Waals surface area contributed by atoms with Crippen molar-refractivity contribution in [3.8, 4) is 0 Å². The maximum Gasteiger partial charge on any atom is 0.289 e. The Balaban J connectivity index is 1.36. The van der Waals surface area contributed by atoms with E-state index >= 15 is 0 Å². The number of pyridine rings is 1. The first-order chi connectivity index (χ1) is 12.2. The monoisotopic (exact) mass is 342 g/mol. The second kappa shape index (κ2) is 8.43. The van der Waals surface area contributed by atoms with Gasteiger partial charge in [-0.15, -0.1) is 0 Å². The molecule has 7 heteroatoms. The SMILES string of the molecule is O=C(CCNCc1ccncc1)N1CCN(C(=O)c2ccco2)CC1. The lowest BCUT2D eigenvalue weighted by Crippen LogP contribution is -2.50. The molecule has 1 N–H and O–H groups in total. The van der Waals surface area contributed by atoms with Crippen LogP contribution in [0.4, 0.5) is 0 Å². The minimum Gasteiger partial charge on any atom is -0.459 e. The van der Waals surface area contributed by atoms with Crippen LogP contribution >= 0.6 is 0 Å². The van der Waals surface area contributed by atoms with Crippen LogP contribution < -0.4 is 5.32 Å². The van der Waals surface area contributed by atoms with Crippen LogP contribution in [0, 0.1) is 0 Å². The summed E-state index contributed by atoms with van der Waals surface area (Å²) in [5.41, 5.74) is 1.15. The van der Waals surface area contributed by atoms with E-state index in [0.29, 0.717) is 44.9 Å². The summed E-state index contributed by atoms with van der Waals surface area (Å²) in [6, 6.07) is 7.26. The number of piperazine rings is 1. The number of nitrogens with one attached hydrogen (secondary N) is 1. The minimum absolute atomic E-state index is 0.115. The van der Waals surface area contributed by atoms with E-state index in [1.807, 2.05) is 17.0 Å². The van der Waals surface area contributed by atoms with Gasteiger partial charge in [0, 0.05) is 58.1 Å². The molecular weight excluding hydrogens is 320 g/mol. The molecule has 0 bridgehead atoms. The molecule has 3 heterocycles. The summed E-state index contributed by atoms with van der Waals surface area (Å²) in [6.45, 7) is 3.56. The van der Waals surface area contributed by atoms with Crippen LogP contribution in [0.1, 0.15) is 22.5 Å². The highest BCUT2D eigenvalue weighted by atomic mass is 16.3. The summed E-state index contributed by atoms with van der Waals surface area (Å²) >= 11 is 0. The van der Waals surface area contributed by atoms with E-state index in [1.54, 1.807) is 29.4 Å². The van der Waals surface area contributed by atoms with Gasteiger partial charge in [0.1, 0.15) is 0 Å². The zero-order valence-corrected chi connectivity index (χ0v) is 14.1. The smallest absolute Gasteiger partial charge is 0.289 e. The molecule has 25 heavy (non-hydrogen) atoms. The highest BCUT2D eigenvalue weighted by Gasteiger charge is 2.25. The lowest BCUT2D eigenvalue weighted by atomic mass is 10.2. The van der Waals surface area contributed by atoms with Crippen molar-refractivity contribution in [1.29, 1.82) is 0 Å². The number of aromatic nitrogens is 1. The topological polar surface area (TPSA) is 78.7 Å². The van der Waals surface area contributed by atoms with Crippen LogP contribution in [-0.2, 0) is 11.3 Å². The number of carbonyl (C=O) groups is 2. The summed E-state index contributed by atoms with van der Waals surface area (Å²) < 4.78 is 5.14. The van der Waals surface area contributed by atoms with E-state index in [9.17, 15) is 9.59 Å². The lowest BCUT2D eigenvalue weighted by molar-refractivity contribution is -0.132. The van der Waals surface area contributed by atoms with Gasteiger partial charge in [0.05, 0.1) is 6.26 Å². The van der Waals surface area contributed by atoms with Crippen LogP contribution in [0.15, 0.2) is 47.3 Å². The summed E-state index contributed by atoms with van der Waals surface area (Å²) in [5, 5.41) is 3.27. The highest BCUT2D eigenvalue weighted by Crippen LogP contribution is 2.10. The Bertz CT molecular complexity index is 680. The largest absolute Gasteiger partial charge is 0.459 e. The van der Waals surface area contributed by atoms with Gasteiger partial charge >= 0.3 is 0 Å². The number of rotatable bonds is 6. The number of amides is 2. The van der Waals surface area contributed by atoms with E-state index in [2.05, 4.69) is 10.3 Å². The molecule has 1 fully saturated rings. The maximum absolute atomic E-state index is 12.3. The quantitative estimate of drug-likeness (QED) is 0.797. The zero-order chi connectivity index (χ0) is 17.5. The average molecular weight is 342 g/mol. The molecule has 1 saturated heterocycles. The van der Waals surface area contributed by atoms with Gasteiger partial charge in [-0.2, -0.15) is 0 Å². The Labute approximate surface area is 146 Å². The summed E-state index contributed by atoms with van der Waals surface area (Å²) in [6.07, 6.45) is 5.46. The molecule has 0 aromatic carbocycles. The zero-order valence-electron chi connectivity index (χ0n) is 14.1. The van der Waals surface area contributed by atoms with Crippen molar-refractivity contribution in [3.63, 3.8) is 0 Å². The van der Waals surface area contributed by atoms with Gasteiger partial charge in [0.25, 0.3) is 5.91 Å². The fraction of sp³-hybridized carbons (Fsp3) is 0.389. The van der Waals surface area contributed by atoms with Crippen molar-refractivity contribution in [2.24, 2.45) is 0 Å². The molecule has 132 valence electrons. The van der Waals surface area contributed by atoms with Gasteiger partial charge in [-0.3, -0.25) is 14.6 Å². The van der Waals surface area contributed by atoms with E-state index in [0.717, 1.165) is 12.1 Å². The van der Waals surface area contributed by atoms with Crippen molar-refractivity contribution in [1.82, 2.24) is 20.1 Å². The molecule has 0 atom stereocenters. The number of nitrogens with zero attached hydrogens (tertiary/aromatic N) is 3. The average Bonchev–Trinajstić information content (AvgIpc) is 3.20. The van der Waals surface area contributed by atoms with Crippen LogP contribution in [0.2, 0.25) is 0 Å². The van der Waals surface area contributed by atoms with Crippen LogP contribution in [-0.4, -0.2) is 59.3 Å². The summed E-state index contributed by atoms with van der Waals surface area (Å²) in [5.74, 6) is 0.350. The molecule has 0 spiro atoms. The first-order valence-corrected chi connectivity index (χ1v) is 8.44. The van der Waals surface area contributed by atoms with Crippen molar-refractivity contribution < 1.29 is 14.0 Å². The molecule has 0 radical (unpaired) electrons. The molecule has 0 aliphatic carbocycles. The second-order valence-corrected chi connectivity index (χ2v) is 5.93. The Kier molecular flexibility index (Phi) is 5.79. The minimum atomic E-state index is -0.115. The van der Waals surface area contributed by atoms with Crippen LogP contribution in [0.5, 0.6) is 0 Å². The highest BCUT2D eigenvalue weighted by molar-refractivity contribution is 5.91. The number of furan rings is 1. The number of carbonyl (C=O) groups excluding carboxylic acids is 2. The van der Waals surface area contributed by atoms with Crippen LogP contribution in [0.25, 0.3) is 0 Å². The molecule has 2 amide bonds. The van der Waals surface area contributed by atoms with E-state index < -0.39 is 0 Å². The van der Waals surface area contributed by atoms with Gasteiger partial charge in [-0.25, -0.2) is 0 Å². The predicted octanol–water partition coefficient (Wildman–Crippen LogP) is 1.14. The van der Waals surface area contributed by atoms with Crippen molar-refractivity contribution in [2.75, 3.05) is 32.7 Å². The third-order valence-corrected chi connectivity index (χ3v) is 4.25. The third kappa shape index (κ3) is 4.67. The third-order valence-electron chi connectivity index (χ3n) is 4.25. The van der Waals surface area contributed by atoms with Crippen molar-refractivity contribution >= 4 is 11.8 Å². The molecule has 7 nitrogen and oxygen atoms in total. The lowest BCUT2D eigenvalue weighted by Gasteiger charge is -2.34. The summed E-state index contributed by atoms with van der Waals surface area (Å²) in [7, 11) is 0. The summed E-state index contributed by atoms with van der Waals surface area (Å²) in [4.78, 5) is 32.0. The molecule has 1 aliphatic rings. The van der Waals surface area contributed by atoms with E-state index in [-0.39, 0.29) is 11.8 Å². The Morgan fingerprint density at radius 1 is 1.08 bits per heavy atom. The Morgan fingerprint density at radius 3 is 2.48 bits per heavy atom. The molecule has 2 aromatic rings. The van der Waals surface area contributed by atoms with E-state index in [4.69, 9.17) is 4.42 Å². The van der Waals surface area contributed by atoms with Gasteiger partial charge < -0.3 is 19.5 Å². The van der Waals surface area contributed by atoms with Crippen LogP contribution in [0.3, 0.4) is 0 Å². The molecule has 1 aliphatic heterocycles. The maximum atomic E-state index is 12.3. The molecular formula is C18H22N4O3. The van der Waals surface area contributed by atoms with E-state index in [1.165, 1.54) is 6.26 Å². The molecule has 2 aromatic heterocycles. The predicted molar refractivity (Wildman–Crippen MR) is 91.8 cm³/mol. The van der Waals surface area contributed by atoms with Crippen molar-refractivity contribution in [2.45, 2.75) is 13.0 Å². The standard InChI is InChI=1S/C18H22N4O3/c23-17(5-8-20-14-15-3-6-19-7-4-15)21-9-11-22(12-10-21)18(24)16-2-1-13-25-16/h1-4,6-7,13,20H,5,8-12,14H2. The second-order valence-electron chi connectivity index (χ2n) is 5.93. The van der Waals surface area contributed by atoms with Gasteiger partial charge in [-0.1, -0.05) is 0 Å². The fourth-order valence-corrected chi connectivity index (χ4v) is 2.80.